The number of nitrogens with zero attached hydrogens (tertiary/aromatic N) is 2. The number of carbonyl (C=O) groups excluding carboxylic acids is 1. The number of fused-ring (bicyclic) bond motifs is 1. The Morgan fingerprint density at radius 2 is 1.87 bits per heavy atom. The highest BCUT2D eigenvalue weighted by Crippen LogP contribution is 2.25. The third-order valence-electron chi connectivity index (χ3n) is 5.23. The summed E-state index contributed by atoms with van der Waals surface area (Å²) >= 11 is 0. The van der Waals surface area contributed by atoms with Crippen LogP contribution in [0.2, 0.25) is 0 Å². The summed E-state index contributed by atoms with van der Waals surface area (Å²) in [6.45, 7) is 2.62. The van der Waals surface area contributed by atoms with E-state index in [0.717, 1.165) is 27.7 Å². The smallest absolute Gasteiger partial charge is 0.271 e. The number of hydrogen-bond donors (Lipinski definition) is 1. The van der Waals surface area contributed by atoms with E-state index in [1.807, 2.05) is 31.2 Å². The van der Waals surface area contributed by atoms with Gasteiger partial charge in [-0.25, -0.2) is 9.82 Å². The Balaban J connectivity index is 1.61. The molecule has 31 heavy (non-hydrogen) atoms. The summed E-state index contributed by atoms with van der Waals surface area (Å²) in [6.07, 6.45) is 1.66. The van der Waals surface area contributed by atoms with Crippen LogP contribution in [0, 0.1) is 12.7 Å². The van der Waals surface area contributed by atoms with E-state index in [1.165, 1.54) is 12.1 Å². The minimum atomic E-state index is -0.317. The number of hydrazone groups is 1. The first-order valence-corrected chi connectivity index (χ1v) is 9.86. The number of halogens is 1. The molecule has 0 aliphatic carbocycles. The standard InChI is InChI=1S/C25H22FN3O2/c1-17-23(15-27-28-25(30)19-6-5-7-21(14-19)31-2)22-8-3-4-9-24(22)29(17)16-18-10-12-20(26)13-11-18/h3-15H,16H2,1-2H3,(H,28,30)/b27-15-. The van der Waals surface area contributed by atoms with E-state index >= 15 is 0 Å². The zero-order valence-electron chi connectivity index (χ0n) is 17.3. The number of ether oxygens (including phenoxy) is 1. The molecule has 0 saturated carbocycles. The highest BCUT2D eigenvalue weighted by molar-refractivity contribution is 6.02. The van der Waals surface area contributed by atoms with Gasteiger partial charge in [0.05, 0.1) is 13.3 Å². The van der Waals surface area contributed by atoms with Crippen molar-refractivity contribution in [1.82, 2.24) is 9.99 Å². The summed E-state index contributed by atoms with van der Waals surface area (Å²) < 4.78 is 20.6. The van der Waals surface area contributed by atoms with Crippen molar-refractivity contribution in [2.75, 3.05) is 7.11 Å². The fraction of sp³-hybridized carbons (Fsp3) is 0.120. The maximum Gasteiger partial charge on any atom is 0.271 e. The van der Waals surface area contributed by atoms with E-state index in [4.69, 9.17) is 4.74 Å². The molecular formula is C25H22FN3O2. The Labute approximate surface area is 179 Å². The molecule has 0 saturated heterocycles. The van der Waals surface area contributed by atoms with Crippen LogP contribution in [0.1, 0.15) is 27.2 Å². The Hall–Kier alpha value is -3.93. The number of amides is 1. The number of benzene rings is 3. The van der Waals surface area contributed by atoms with Crippen molar-refractivity contribution in [3.8, 4) is 5.75 Å². The largest absolute Gasteiger partial charge is 0.497 e. The van der Waals surface area contributed by atoms with Gasteiger partial charge in [-0.15, -0.1) is 0 Å². The molecule has 1 N–H and O–H groups in total. The highest BCUT2D eigenvalue weighted by atomic mass is 19.1. The molecule has 0 atom stereocenters. The fourth-order valence-corrected chi connectivity index (χ4v) is 3.58. The van der Waals surface area contributed by atoms with Gasteiger partial charge in [0.25, 0.3) is 5.91 Å². The van der Waals surface area contributed by atoms with Crippen molar-refractivity contribution < 1.29 is 13.9 Å². The summed E-state index contributed by atoms with van der Waals surface area (Å²) in [5, 5.41) is 5.22. The van der Waals surface area contributed by atoms with Gasteiger partial charge in [-0.3, -0.25) is 4.79 Å². The predicted octanol–water partition coefficient (Wildman–Crippen LogP) is 4.91. The van der Waals surface area contributed by atoms with Gasteiger partial charge < -0.3 is 9.30 Å². The molecule has 3 aromatic carbocycles. The van der Waals surface area contributed by atoms with Crippen LogP contribution in [0.4, 0.5) is 4.39 Å². The van der Waals surface area contributed by atoms with Crippen molar-refractivity contribution in [3.05, 3.63) is 101 Å². The van der Waals surface area contributed by atoms with E-state index in [1.54, 1.807) is 49.7 Å². The number of hydrogen-bond acceptors (Lipinski definition) is 3. The Bertz CT molecular complexity index is 1260. The van der Waals surface area contributed by atoms with Crippen LogP contribution in [0.5, 0.6) is 5.75 Å². The minimum Gasteiger partial charge on any atom is -0.497 e. The first-order chi connectivity index (χ1) is 15.1. The summed E-state index contributed by atoms with van der Waals surface area (Å²) in [5.74, 6) is 0.0385. The molecule has 0 radical (unpaired) electrons. The van der Waals surface area contributed by atoms with Gasteiger partial charge in [0.2, 0.25) is 0 Å². The van der Waals surface area contributed by atoms with Gasteiger partial charge in [-0.2, -0.15) is 5.10 Å². The molecule has 0 fully saturated rings. The zero-order valence-corrected chi connectivity index (χ0v) is 17.3. The SMILES string of the molecule is COc1cccc(C(=O)N/N=C\c2c(C)n(Cc3ccc(F)cc3)c3ccccc23)c1. The number of carbonyl (C=O) groups is 1. The van der Waals surface area contributed by atoms with Crippen LogP contribution in [-0.4, -0.2) is 23.8 Å². The average molecular weight is 415 g/mol. The Kier molecular flexibility index (Phi) is 5.80. The fourth-order valence-electron chi connectivity index (χ4n) is 3.58. The first kappa shape index (κ1) is 20.3. The average Bonchev–Trinajstić information content (AvgIpc) is 3.06. The molecule has 1 amide bonds. The lowest BCUT2D eigenvalue weighted by molar-refractivity contribution is 0.0955. The lowest BCUT2D eigenvalue weighted by atomic mass is 10.1. The Morgan fingerprint density at radius 3 is 2.65 bits per heavy atom. The van der Waals surface area contributed by atoms with E-state index in [2.05, 4.69) is 15.1 Å². The van der Waals surface area contributed by atoms with Gasteiger partial charge in [-0.05, 0) is 48.9 Å². The molecule has 0 aliphatic rings. The number of nitrogens with one attached hydrogen (secondary N) is 1. The molecule has 0 aliphatic heterocycles. The molecule has 4 rings (SSSR count). The lowest BCUT2D eigenvalue weighted by Crippen LogP contribution is -2.17. The summed E-state index contributed by atoms with van der Waals surface area (Å²) in [5.41, 5.74) is 7.02. The maximum absolute atomic E-state index is 13.3. The van der Waals surface area contributed by atoms with Gasteiger partial charge in [0.15, 0.2) is 0 Å². The molecule has 4 aromatic rings. The lowest BCUT2D eigenvalue weighted by Gasteiger charge is -2.08. The normalized spacial score (nSPS) is 11.2. The van der Waals surface area contributed by atoms with Crippen LogP contribution in [0.3, 0.4) is 0 Å². The van der Waals surface area contributed by atoms with Crippen LogP contribution in [0.25, 0.3) is 10.9 Å². The maximum atomic E-state index is 13.3. The third-order valence-corrected chi connectivity index (χ3v) is 5.23. The molecular weight excluding hydrogens is 393 g/mol. The Morgan fingerprint density at radius 1 is 1.10 bits per heavy atom. The van der Waals surface area contributed by atoms with Crippen molar-refractivity contribution in [1.29, 1.82) is 0 Å². The van der Waals surface area contributed by atoms with Crippen LogP contribution < -0.4 is 10.2 Å². The monoisotopic (exact) mass is 415 g/mol. The number of rotatable bonds is 6. The van der Waals surface area contributed by atoms with E-state index < -0.39 is 0 Å². The molecule has 156 valence electrons. The van der Waals surface area contributed by atoms with E-state index in [9.17, 15) is 9.18 Å². The number of aromatic nitrogens is 1. The second-order valence-electron chi connectivity index (χ2n) is 7.16. The summed E-state index contributed by atoms with van der Waals surface area (Å²) in [7, 11) is 1.56. The van der Waals surface area contributed by atoms with Gasteiger partial charge in [-0.1, -0.05) is 36.4 Å². The van der Waals surface area contributed by atoms with Gasteiger partial charge in [0.1, 0.15) is 11.6 Å². The van der Waals surface area contributed by atoms with Crippen molar-refractivity contribution in [2.24, 2.45) is 5.10 Å². The van der Waals surface area contributed by atoms with E-state index in [-0.39, 0.29) is 11.7 Å². The quantitative estimate of drug-likeness (QED) is 0.359. The van der Waals surface area contributed by atoms with Crippen molar-refractivity contribution >= 4 is 23.0 Å². The van der Waals surface area contributed by atoms with Gasteiger partial charge >= 0.3 is 0 Å². The van der Waals surface area contributed by atoms with E-state index in [0.29, 0.717) is 17.9 Å². The molecule has 5 nitrogen and oxygen atoms in total. The second kappa shape index (κ2) is 8.83. The van der Waals surface area contributed by atoms with Crippen molar-refractivity contribution in [3.63, 3.8) is 0 Å². The summed E-state index contributed by atoms with van der Waals surface area (Å²) in [4.78, 5) is 12.4. The third kappa shape index (κ3) is 4.33. The topological polar surface area (TPSA) is 55.6 Å². The molecule has 6 heteroatoms. The second-order valence-corrected chi connectivity index (χ2v) is 7.16. The van der Waals surface area contributed by atoms with Crippen LogP contribution in [-0.2, 0) is 6.54 Å². The molecule has 0 spiro atoms. The summed E-state index contributed by atoms with van der Waals surface area (Å²) in [6, 6.07) is 21.4. The first-order valence-electron chi connectivity index (χ1n) is 9.86. The van der Waals surface area contributed by atoms with Crippen LogP contribution in [0.15, 0.2) is 77.9 Å². The minimum absolute atomic E-state index is 0.252. The van der Waals surface area contributed by atoms with Crippen LogP contribution >= 0.6 is 0 Å². The van der Waals surface area contributed by atoms with Crippen molar-refractivity contribution in [2.45, 2.75) is 13.5 Å². The number of para-hydroxylation sites is 1. The highest BCUT2D eigenvalue weighted by Gasteiger charge is 2.13. The molecule has 1 aromatic heterocycles. The molecule has 0 unspecified atom stereocenters. The predicted molar refractivity (Wildman–Crippen MR) is 120 cm³/mol. The van der Waals surface area contributed by atoms with Gasteiger partial charge in [0, 0.05) is 34.3 Å². The zero-order chi connectivity index (χ0) is 21.8. The number of methoxy groups -OCH3 is 1. The molecule has 1 heterocycles. The molecule has 0 bridgehead atoms.